The molecule has 100 valence electrons. The van der Waals surface area contributed by atoms with Gasteiger partial charge in [-0.05, 0) is 32.4 Å². The molecule has 0 saturated carbocycles. The fourth-order valence-electron chi connectivity index (χ4n) is 1.53. The Morgan fingerprint density at radius 1 is 1.61 bits per heavy atom. The van der Waals surface area contributed by atoms with Crippen LogP contribution in [0.2, 0.25) is 0 Å². The number of nitrogens with two attached hydrogens (primary N) is 1. The van der Waals surface area contributed by atoms with Crippen LogP contribution in [-0.4, -0.2) is 34.9 Å². The van der Waals surface area contributed by atoms with Gasteiger partial charge in [0.2, 0.25) is 0 Å². The van der Waals surface area contributed by atoms with Crippen molar-refractivity contribution < 1.29 is 10.0 Å². The Bertz CT molecular complexity index is 448. The Hall–Kier alpha value is -1.56. The molecule has 5 nitrogen and oxygen atoms in total. The van der Waals surface area contributed by atoms with Gasteiger partial charge in [-0.25, -0.2) is 0 Å². The standard InChI is InChI=1S/C12H19N3O2S/c1-7-5-10(18-9(7)3)12(16)15(4)8(2)6-11(13)14-17/h5,8,17H,6H2,1-4H3,(H2,13,14). The Kier molecular flexibility index (Phi) is 4.72. The molecule has 1 aromatic heterocycles. The molecule has 3 N–H and O–H groups in total. The summed E-state index contributed by atoms with van der Waals surface area (Å²) < 4.78 is 0. The number of rotatable bonds is 4. The first-order valence-electron chi connectivity index (χ1n) is 5.67. The van der Waals surface area contributed by atoms with Gasteiger partial charge in [0.1, 0.15) is 5.84 Å². The van der Waals surface area contributed by atoms with E-state index in [1.165, 1.54) is 11.3 Å². The minimum absolute atomic E-state index is 0.0329. The van der Waals surface area contributed by atoms with Crippen LogP contribution in [0, 0.1) is 13.8 Å². The van der Waals surface area contributed by atoms with Gasteiger partial charge in [-0.3, -0.25) is 4.79 Å². The summed E-state index contributed by atoms with van der Waals surface area (Å²) in [7, 11) is 1.72. The molecule has 0 aromatic carbocycles. The van der Waals surface area contributed by atoms with Crippen LogP contribution >= 0.6 is 11.3 Å². The summed E-state index contributed by atoms with van der Waals surface area (Å²) in [5.74, 6) is 0.0927. The SMILES string of the molecule is Cc1cc(C(=O)N(C)C(C)CC(N)=NO)sc1C. The lowest BCUT2D eigenvalue weighted by Gasteiger charge is -2.23. The van der Waals surface area contributed by atoms with Gasteiger partial charge >= 0.3 is 0 Å². The number of amidine groups is 1. The van der Waals surface area contributed by atoms with Crippen LogP contribution in [0.3, 0.4) is 0 Å². The average Bonchev–Trinajstić information content (AvgIpc) is 2.67. The number of carbonyl (C=O) groups is 1. The molecule has 0 radical (unpaired) electrons. The van der Waals surface area contributed by atoms with E-state index in [2.05, 4.69) is 5.16 Å². The number of oxime groups is 1. The third-order valence-electron chi connectivity index (χ3n) is 2.99. The lowest BCUT2D eigenvalue weighted by Crippen LogP contribution is -2.37. The van der Waals surface area contributed by atoms with Crippen molar-refractivity contribution in [2.75, 3.05) is 7.05 Å². The van der Waals surface area contributed by atoms with Gasteiger partial charge in [0, 0.05) is 24.4 Å². The smallest absolute Gasteiger partial charge is 0.263 e. The van der Waals surface area contributed by atoms with Crippen molar-refractivity contribution in [2.24, 2.45) is 10.9 Å². The first-order valence-corrected chi connectivity index (χ1v) is 6.49. The predicted octanol–water partition coefficient (Wildman–Crippen LogP) is 1.96. The number of amides is 1. The van der Waals surface area contributed by atoms with Crippen LogP contribution in [0.1, 0.15) is 33.5 Å². The molecule has 0 aliphatic carbocycles. The highest BCUT2D eigenvalue weighted by Crippen LogP contribution is 2.22. The minimum Gasteiger partial charge on any atom is -0.409 e. The molecule has 1 heterocycles. The van der Waals surface area contributed by atoms with E-state index in [0.29, 0.717) is 6.42 Å². The Labute approximate surface area is 111 Å². The Balaban J connectivity index is 2.77. The van der Waals surface area contributed by atoms with E-state index in [1.807, 2.05) is 26.8 Å². The Morgan fingerprint density at radius 3 is 2.67 bits per heavy atom. The third-order valence-corrected chi connectivity index (χ3v) is 4.13. The van der Waals surface area contributed by atoms with Crippen molar-refractivity contribution in [3.05, 3.63) is 21.4 Å². The number of aryl methyl sites for hydroxylation is 2. The molecule has 6 heteroatoms. The molecule has 0 spiro atoms. The number of thiophene rings is 1. The number of hydrogen-bond donors (Lipinski definition) is 2. The van der Waals surface area contributed by atoms with Crippen LogP contribution in [0.25, 0.3) is 0 Å². The van der Waals surface area contributed by atoms with E-state index in [1.54, 1.807) is 11.9 Å². The lowest BCUT2D eigenvalue weighted by atomic mass is 10.2. The molecular formula is C12H19N3O2S. The molecule has 1 amide bonds. The largest absolute Gasteiger partial charge is 0.409 e. The monoisotopic (exact) mass is 269 g/mol. The first-order chi connectivity index (χ1) is 8.36. The second-order valence-electron chi connectivity index (χ2n) is 4.41. The second kappa shape index (κ2) is 5.86. The minimum atomic E-state index is -0.115. The van der Waals surface area contributed by atoms with Gasteiger partial charge < -0.3 is 15.8 Å². The second-order valence-corrected chi connectivity index (χ2v) is 5.67. The zero-order valence-corrected chi connectivity index (χ0v) is 11.9. The van der Waals surface area contributed by atoms with Gasteiger partial charge in [-0.2, -0.15) is 0 Å². The molecule has 1 unspecified atom stereocenters. The molecule has 0 fully saturated rings. The maximum Gasteiger partial charge on any atom is 0.263 e. The molecule has 1 aromatic rings. The van der Waals surface area contributed by atoms with E-state index >= 15 is 0 Å². The third kappa shape index (κ3) is 3.22. The zero-order chi connectivity index (χ0) is 13.9. The molecule has 18 heavy (non-hydrogen) atoms. The number of nitrogens with zero attached hydrogens (tertiary/aromatic N) is 2. The van der Waals surface area contributed by atoms with Gasteiger partial charge in [-0.1, -0.05) is 5.16 Å². The van der Waals surface area contributed by atoms with E-state index in [9.17, 15) is 4.79 Å². The van der Waals surface area contributed by atoms with Gasteiger partial charge in [0.25, 0.3) is 5.91 Å². The summed E-state index contributed by atoms with van der Waals surface area (Å²) in [5, 5.41) is 11.4. The lowest BCUT2D eigenvalue weighted by molar-refractivity contribution is 0.0752. The normalized spacial score (nSPS) is 13.4. The molecule has 0 bridgehead atoms. The quantitative estimate of drug-likeness (QED) is 0.379. The average molecular weight is 269 g/mol. The fourth-order valence-corrected chi connectivity index (χ4v) is 2.55. The molecule has 0 saturated heterocycles. The molecule has 0 aliphatic heterocycles. The highest BCUT2D eigenvalue weighted by Gasteiger charge is 2.20. The van der Waals surface area contributed by atoms with Crippen molar-refractivity contribution in [3.8, 4) is 0 Å². The predicted molar refractivity (Wildman–Crippen MR) is 73.4 cm³/mol. The van der Waals surface area contributed by atoms with Crippen molar-refractivity contribution in [3.63, 3.8) is 0 Å². The summed E-state index contributed by atoms with van der Waals surface area (Å²) in [6.07, 6.45) is 0.349. The Morgan fingerprint density at radius 2 is 2.22 bits per heavy atom. The van der Waals surface area contributed by atoms with Gasteiger partial charge in [0.15, 0.2) is 0 Å². The molecule has 0 aliphatic rings. The highest BCUT2D eigenvalue weighted by molar-refractivity contribution is 7.14. The van der Waals surface area contributed by atoms with Crippen LogP contribution in [0.15, 0.2) is 11.2 Å². The molecule has 1 atom stereocenters. The fraction of sp³-hybridized carbons (Fsp3) is 0.500. The summed E-state index contributed by atoms with van der Waals surface area (Å²) in [5.41, 5.74) is 6.57. The highest BCUT2D eigenvalue weighted by atomic mass is 32.1. The summed E-state index contributed by atoms with van der Waals surface area (Å²) in [6.45, 7) is 5.85. The van der Waals surface area contributed by atoms with Crippen LogP contribution in [-0.2, 0) is 0 Å². The topological polar surface area (TPSA) is 78.9 Å². The molecule has 1 rings (SSSR count). The summed E-state index contributed by atoms with van der Waals surface area (Å²) >= 11 is 1.49. The van der Waals surface area contributed by atoms with Gasteiger partial charge in [-0.15, -0.1) is 11.3 Å². The van der Waals surface area contributed by atoms with E-state index in [-0.39, 0.29) is 17.8 Å². The number of hydrogen-bond acceptors (Lipinski definition) is 4. The van der Waals surface area contributed by atoms with E-state index in [4.69, 9.17) is 10.9 Å². The van der Waals surface area contributed by atoms with Crippen molar-refractivity contribution >= 4 is 23.1 Å². The first kappa shape index (κ1) is 14.5. The summed E-state index contributed by atoms with van der Waals surface area (Å²) in [6, 6.07) is 1.78. The van der Waals surface area contributed by atoms with E-state index in [0.717, 1.165) is 15.3 Å². The zero-order valence-electron chi connectivity index (χ0n) is 11.1. The van der Waals surface area contributed by atoms with Crippen molar-refractivity contribution in [2.45, 2.75) is 33.2 Å². The van der Waals surface area contributed by atoms with E-state index < -0.39 is 0 Å². The van der Waals surface area contributed by atoms with Crippen LogP contribution in [0.5, 0.6) is 0 Å². The maximum absolute atomic E-state index is 12.2. The summed E-state index contributed by atoms with van der Waals surface area (Å²) in [4.78, 5) is 15.7. The maximum atomic E-state index is 12.2. The van der Waals surface area contributed by atoms with Crippen LogP contribution < -0.4 is 5.73 Å². The van der Waals surface area contributed by atoms with Crippen LogP contribution in [0.4, 0.5) is 0 Å². The van der Waals surface area contributed by atoms with Crippen molar-refractivity contribution in [1.29, 1.82) is 0 Å². The van der Waals surface area contributed by atoms with Crippen molar-refractivity contribution in [1.82, 2.24) is 4.90 Å². The molecular weight excluding hydrogens is 250 g/mol. The number of carbonyl (C=O) groups excluding carboxylic acids is 1. The van der Waals surface area contributed by atoms with Gasteiger partial charge in [0.05, 0.1) is 4.88 Å².